The number of ether oxygens (including phenoxy) is 1. The first kappa shape index (κ1) is 30.6. The number of nitrogens with zero attached hydrogens (tertiary/aromatic N) is 1. The Morgan fingerprint density at radius 3 is 2.65 bits per heavy atom. The van der Waals surface area contributed by atoms with Crippen LogP contribution in [0.2, 0.25) is 0 Å². The van der Waals surface area contributed by atoms with Gasteiger partial charge in [-0.15, -0.1) is 0 Å². The molecule has 10 rings (SSSR count). The summed E-state index contributed by atoms with van der Waals surface area (Å²) in [6.45, 7) is 5.76. The fraction of sp³-hybridized carbons (Fsp3) is 0.659. The monoisotopic (exact) mass is 663 g/mol. The van der Waals surface area contributed by atoms with Crippen molar-refractivity contribution >= 4 is 17.8 Å². The Balaban J connectivity index is 0.812. The highest BCUT2D eigenvalue weighted by Gasteiger charge is 3.08. The van der Waals surface area contributed by atoms with Gasteiger partial charge in [0.1, 0.15) is 5.69 Å². The lowest BCUT2D eigenvalue weighted by atomic mass is 9.40. The Morgan fingerprint density at radius 1 is 0.980 bits per heavy atom. The third-order valence-electron chi connectivity index (χ3n) is 17.2. The molecular weight excluding hydrogens is 614 g/mol. The number of esters is 1. The summed E-state index contributed by atoms with van der Waals surface area (Å²) in [6.07, 6.45) is 11.2. The van der Waals surface area contributed by atoms with Crippen molar-refractivity contribution in [2.45, 2.75) is 90.7 Å². The number of nitrogens with one attached hydrogen (secondary N) is 2. The number of hydrogen-bond donors (Lipinski definition) is 3. The Bertz CT molecular complexity index is 1830. The van der Waals surface area contributed by atoms with E-state index in [0.717, 1.165) is 36.7 Å². The molecule has 0 radical (unpaired) electrons. The summed E-state index contributed by atoms with van der Waals surface area (Å²) in [5, 5.41) is 17.5. The maximum Gasteiger partial charge on any atom is 0.356 e. The first-order valence-electron chi connectivity index (χ1n) is 19.0. The third kappa shape index (κ3) is 3.20. The molecule has 0 saturated heterocycles. The largest absolute Gasteiger partial charge is 0.464 e. The van der Waals surface area contributed by atoms with Crippen LogP contribution >= 0.6 is 0 Å². The summed E-state index contributed by atoms with van der Waals surface area (Å²) >= 11 is 0. The number of carbonyl (C=O) groups excluding carboxylic acids is 3. The van der Waals surface area contributed by atoms with Crippen molar-refractivity contribution in [3.8, 4) is 0 Å². The Morgan fingerprint density at radius 2 is 1.82 bits per heavy atom. The van der Waals surface area contributed by atoms with Crippen LogP contribution in [0.1, 0.15) is 104 Å². The summed E-state index contributed by atoms with van der Waals surface area (Å²) in [7, 11) is 1.31. The van der Waals surface area contributed by atoms with E-state index in [1.807, 2.05) is 18.2 Å². The molecule has 8 saturated carbocycles. The van der Waals surface area contributed by atoms with Gasteiger partial charge in [-0.25, -0.2) is 9.78 Å². The number of benzene rings is 1. The van der Waals surface area contributed by atoms with E-state index in [0.29, 0.717) is 63.6 Å². The molecule has 1 heterocycles. The smallest absolute Gasteiger partial charge is 0.356 e. The Kier molecular flexibility index (Phi) is 5.95. The third-order valence-corrected chi connectivity index (χ3v) is 17.2. The zero-order valence-corrected chi connectivity index (χ0v) is 29.0. The van der Waals surface area contributed by atoms with Gasteiger partial charge in [0.05, 0.1) is 30.9 Å². The molecule has 8 fully saturated rings. The summed E-state index contributed by atoms with van der Waals surface area (Å²) in [4.78, 5) is 43.5. The SMILES string of the molecule is COC(=O)c1cccc(CNC(=O)c2cccc(CCNC(=O)C34CCCC3C35CC6C78CCC(O)C9(C)C(C79)[C@@H](C)C3(C8)C65CC4)c2)n1. The molecule has 8 heteroatoms. The number of rotatable bonds is 8. The average molecular weight is 664 g/mol. The van der Waals surface area contributed by atoms with Crippen molar-refractivity contribution in [1.29, 1.82) is 0 Å². The Hall–Kier alpha value is -3.26. The van der Waals surface area contributed by atoms with Crippen molar-refractivity contribution in [2.75, 3.05) is 13.7 Å². The molecule has 8 nitrogen and oxygen atoms in total. The quantitative estimate of drug-likeness (QED) is 0.323. The number of hydrogen-bond acceptors (Lipinski definition) is 6. The fourth-order valence-electron chi connectivity index (χ4n) is 16.1. The molecule has 0 aliphatic heterocycles. The summed E-state index contributed by atoms with van der Waals surface area (Å²) in [6, 6.07) is 12.7. The molecule has 12 atom stereocenters. The minimum atomic E-state index is -0.513. The van der Waals surface area contributed by atoms with Gasteiger partial charge in [0.25, 0.3) is 5.91 Å². The van der Waals surface area contributed by atoms with Crippen molar-refractivity contribution in [1.82, 2.24) is 15.6 Å². The van der Waals surface area contributed by atoms with Crippen molar-refractivity contribution < 1.29 is 24.2 Å². The molecule has 49 heavy (non-hydrogen) atoms. The van der Waals surface area contributed by atoms with Crippen LogP contribution in [0.5, 0.6) is 0 Å². The van der Waals surface area contributed by atoms with Crippen molar-refractivity contribution in [3.63, 3.8) is 0 Å². The number of aromatic nitrogens is 1. The Labute approximate surface area is 288 Å². The molecule has 1 aromatic heterocycles. The maximum atomic E-state index is 14.4. The molecule has 258 valence electrons. The van der Waals surface area contributed by atoms with E-state index in [1.54, 1.807) is 24.3 Å². The molecular formula is C41H49N3O5. The normalized spacial score (nSPS) is 46.6. The van der Waals surface area contributed by atoms with Crippen LogP contribution in [0.15, 0.2) is 42.5 Å². The van der Waals surface area contributed by atoms with Crippen LogP contribution in [0.3, 0.4) is 0 Å². The molecule has 2 aromatic rings. The maximum absolute atomic E-state index is 14.4. The van der Waals surface area contributed by atoms with Crippen molar-refractivity contribution in [2.24, 2.45) is 62.1 Å². The molecule has 2 bridgehead atoms. The lowest BCUT2D eigenvalue weighted by molar-refractivity contribution is -0.174. The fourth-order valence-corrected chi connectivity index (χ4v) is 16.1. The average Bonchev–Trinajstić information content (AvgIpc) is 3.70. The van der Waals surface area contributed by atoms with Crippen LogP contribution in [0.25, 0.3) is 0 Å². The van der Waals surface area contributed by atoms with Crippen LogP contribution in [-0.4, -0.2) is 47.6 Å². The highest BCUT2D eigenvalue weighted by molar-refractivity contribution is 5.94. The number of fused-ring (bicyclic) bond motifs is 2. The molecule has 1 aromatic carbocycles. The van der Waals surface area contributed by atoms with Crippen molar-refractivity contribution in [3.05, 3.63) is 65.0 Å². The van der Waals surface area contributed by atoms with Gasteiger partial charge >= 0.3 is 5.97 Å². The molecule has 3 N–H and O–H groups in total. The first-order chi connectivity index (χ1) is 23.6. The second-order valence-corrected chi connectivity index (χ2v) is 17.8. The number of aliphatic hydroxyl groups excluding tert-OH is 1. The first-order valence-corrected chi connectivity index (χ1v) is 19.0. The lowest BCUT2D eigenvalue weighted by Crippen LogP contribution is -2.60. The van der Waals surface area contributed by atoms with E-state index < -0.39 is 5.97 Å². The molecule has 8 aliphatic rings. The van der Waals surface area contributed by atoms with Gasteiger partial charge in [-0.1, -0.05) is 38.5 Å². The summed E-state index contributed by atoms with van der Waals surface area (Å²) in [5.74, 6) is 2.98. The number of pyridine rings is 1. The van der Waals surface area contributed by atoms with Gasteiger partial charge in [0.2, 0.25) is 5.91 Å². The van der Waals surface area contributed by atoms with Gasteiger partial charge in [-0.3, -0.25) is 9.59 Å². The molecule has 2 amide bonds. The minimum absolute atomic E-state index is 0.126. The highest BCUT2D eigenvalue weighted by Crippen LogP contribution is 3.12. The van der Waals surface area contributed by atoms with E-state index in [9.17, 15) is 19.5 Å². The second kappa shape index (κ2) is 9.54. The van der Waals surface area contributed by atoms with Crippen LogP contribution < -0.4 is 10.6 Å². The highest BCUT2D eigenvalue weighted by atomic mass is 16.5. The van der Waals surface area contributed by atoms with Gasteiger partial charge in [-0.2, -0.15) is 0 Å². The van der Waals surface area contributed by atoms with Gasteiger partial charge in [0.15, 0.2) is 0 Å². The van der Waals surface area contributed by atoms with Gasteiger partial charge in [-0.05, 0) is 139 Å². The zero-order valence-electron chi connectivity index (χ0n) is 29.0. The number of amides is 2. The molecule has 8 aliphatic carbocycles. The summed E-state index contributed by atoms with van der Waals surface area (Å²) in [5.41, 5.74) is 3.98. The number of carbonyl (C=O) groups is 3. The zero-order chi connectivity index (χ0) is 33.8. The number of aliphatic hydroxyl groups is 1. The standard InChI is InChI=1S/C41H49N3O5/c1-23-31-32-36(31,2)30(45)12-15-38(32)22-41(23)39-17-16-37(14-6-11-28(37)40(39,41)20-29(38)39)35(48)42-18-13-24-7-4-8-25(19-24)33(46)43-21-26-9-5-10-27(44-26)34(47)49-3/h4-5,7-10,19,23,28-32,45H,6,11-18,20-22H2,1-3H3,(H,42,48)(H,43,46)/t23-,28?,29?,30?,31?,32?,36?,37?,38?,39?,40?,41?/m1/s1. The lowest BCUT2D eigenvalue weighted by Gasteiger charge is -2.64. The van der Waals surface area contributed by atoms with E-state index in [-0.39, 0.29) is 41.0 Å². The summed E-state index contributed by atoms with van der Waals surface area (Å²) < 4.78 is 4.75. The van der Waals surface area contributed by atoms with Crippen LogP contribution in [0.4, 0.5) is 0 Å². The number of methoxy groups -OCH3 is 1. The second-order valence-electron chi connectivity index (χ2n) is 17.8. The topological polar surface area (TPSA) is 118 Å². The molecule has 3 spiro atoms. The minimum Gasteiger partial charge on any atom is -0.464 e. The predicted molar refractivity (Wildman–Crippen MR) is 181 cm³/mol. The van der Waals surface area contributed by atoms with E-state index in [1.165, 1.54) is 45.6 Å². The van der Waals surface area contributed by atoms with Crippen LogP contribution in [0, 0.1) is 62.1 Å². The van der Waals surface area contributed by atoms with Crippen LogP contribution in [-0.2, 0) is 22.5 Å². The van der Waals surface area contributed by atoms with E-state index in [2.05, 4.69) is 29.5 Å². The molecule has 11 unspecified atom stereocenters. The van der Waals surface area contributed by atoms with E-state index >= 15 is 0 Å². The van der Waals surface area contributed by atoms with Gasteiger partial charge < -0.3 is 20.5 Å². The van der Waals surface area contributed by atoms with E-state index in [4.69, 9.17) is 4.74 Å². The van der Waals surface area contributed by atoms with Gasteiger partial charge in [0, 0.05) is 17.5 Å². The predicted octanol–water partition coefficient (Wildman–Crippen LogP) is 5.48.